The van der Waals surface area contributed by atoms with Gasteiger partial charge in [-0.1, -0.05) is 41.1 Å². The maximum absolute atomic E-state index is 5.80. The van der Waals surface area contributed by atoms with Crippen molar-refractivity contribution in [1.29, 1.82) is 0 Å². The third kappa shape index (κ3) is 2.99. The van der Waals surface area contributed by atoms with E-state index in [1.165, 1.54) is 22.5 Å². The molecule has 2 aromatic rings. The van der Waals surface area contributed by atoms with Gasteiger partial charge in [0.05, 0.1) is 0 Å². The van der Waals surface area contributed by atoms with Crippen LogP contribution in [0.15, 0.2) is 46.9 Å². The van der Waals surface area contributed by atoms with Crippen LogP contribution in [-0.4, -0.2) is 13.1 Å². The quantitative estimate of drug-likeness (QED) is 0.900. The van der Waals surface area contributed by atoms with Crippen molar-refractivity contribution in [2.24, 2.45) is 11.7 Å². The summed E-state index contributed by atoms with van der Waals surface area (Å²) in [7, 11) is 0. The fraction of sp³-hybridized carbons (Fsp3) is 0.333. The molecule has 2 aromatic carbocycles. The van der Waals surface area contributed by atoms with Crippen LogP contribution in [-0.2, 0) is 12.8 Å². The molecule has 0 amide bonds. The maximum atomic E-state index is 5.80. The minimum atomic E-state index is 0.661. The highest BCUT2D eigenvalue weighted by Crippen LogP contribution is 2.37. The Kier molecular flexibility index (Phi) is 4.32. The standard InChI is InChI=1S/C18H21BrN2/c1-13-10-14-4-2-3-5-17(14)21(12-13)18-7-6-16(19)11-15(18)8-9-20/h2-7,11,13H,8-10,12,20H2,1H3. The SMILES string of the molecule is CC1Cc2ccccc2N(c2ccc(Br)cc2CCN)C1. The predicted octanol–water partition coefficient (Wildman–Crippen LogP) is 4.28. The summed E-state index contributed by atoms with van der Waals surface area (Å²) in [5.41, 5.74) is 11.2. The van der Waals surface area contributed by atoms with Gasteiger partial charge in [0.25, 0.3) is 0 Å². The molecular formula is C18H21BrN2. The molecule has 0 radical (unpaired) electrons. The Morgan fingerprint density at radius 3 is 2.81 bits per heavy atom. The number of nitrogens with two attached hydrogens (primary N) is 1. The molecule has 0 saturated heterocycles. The molecule has 21 heavy (non-hydrogen) atoms. The molecule has 2 nitrogen and oxygen atoms in total. The van der Waals surface area contributed by atoms with Crippen molar-refractivity contribution >= 4 is 27.3 Å². The van der Waals surface area contributed by atoms with Crippen LogP contribution in [0.5, 0.6) is 0 Å². The lowest BCUT2D eigenvalue weighted by Gasteiger charge is -2.36. The van der Waals surface area contributed by atoms with Crippen molar-refractivity contribution < 1.29 is 0 Å². The molecule has 1 aliphatic heterocycles. The van der Waals surface area contributed by atoms with Crippen molar-refractivity contribution in [2.45, 2.75) is 19.8 Å². The highest BCUT2D eigenvalue weighted by molar-refractivity contribution is 9.10. The second-order valence-corrected chi connectivity index (χ2v) is 6.78. The molecule has 0 aromatic heterocycles. The first-order valence-corrected chi connectivity index (χ1v) is 8.32. The van der Waals surface area contributed by atoms with Crippen LogP contribution in [0.1, 0.15) is 18.1 Å². The summed E-state index contributed by atoms with van der Waals surface area (Å²) in [4.78, 5) is 2.46. The first-order chi connectivity index (χ1) is 10.2. The Labute approximate surface area is 135 Å². The Hall–Kier alpha value is -1.32. The zero-order valence-corrected chi connectivity index (χ0v) is 13.9. The minimum Gasteiger partial charge on any atom is -0.341 e. The second kappa shape index (κ2) is 6.20. The number of fused-ring (bicyclic) bond motifs is 1. The minimum absolute atomic E-state index is 0.661. The number of nitrogens with zero attached hydrogens (tertiary/aromatic N) is 1. The van der Waals surface area contributed by atoms with E-state index < -0.39 is 0 Å². The van der Waals surface area contributed by atoms with E-state index in [0.29, 0.717) is 12.5 Å². The van der Waals surface area contributed by atoms with E-state index in [2.05, 4.69) is 70.2 Å². The highest BCUT2D eigenvalue weighted by atomic mass is 79.9. The maximum Gasteiger partial charge on any atom is 0.0444 e. The Morgan fingerprint density at radius 1 is 1.19 bits per heavy atom. The summed E-state index contributed by atoms with van der Waals surface area (Å²) >= 11 is 3.57. The van der Waals surface area contributed by atoms with Gasteiger partial charge in [-0.2, -0.15) is 0 Å². The molecule has 0 aliphatic carbocycles. The van der Waals surface area contributed by atoms with E-state index in [1.54, 1.807) is 0 Å². The van der Waals surface area contributed by atoms with Crippen molar-refractivity contribution in [1.82, 2.24) is 0 Å². The van der Waals surface area contributed by atoms with Crippen LogP contribution >= 0.6 is 15.9 Å². The highest BCUT2D eigenvalue weighted by Gasteiger charge is 2.23. The fourth-order valence-electron chi connectivity index (χ4n) is 3.20. The van der Waals surface area contributed by atoms with Gasteiger partial charge in [-0.15, -0.1) is 0 Å². The van der Waals surface area contributed by atoms with E-state index in [4.69, 9.17) is 5.73 Å². The topological polar surface area (TPSA) is 29.3 Å². The van der Waals surface area contributed by atoms with E-state index in [-0.39, 0.29) is 0 Å². The van der Waals surface area contributed by atoms with Gasteiger partial charge in [-0.3, -0.25) is 0 Å². The van der Waals surface area contributed by atoms with Gasteiger partial charge in [0, 0.05) is 22.4 Å². The van der Waals surface area contributed by atoms with Crippen molar-refractivity contribution in [3.05, 3.63) is 58.1 Å². The van der Waals surface area contributed by atoms with Crippen molar-refractivity contribution in [3.8, 4) is 0 Å². The van der Waals surface area contributed by atoms with Crippen LogP contribution in [0, 0.1) is 5.92 Å². The van der Waals surface area contributed by atoms with Crippen LogP contribution in [0.2, 0.25) is 0 Å². The largest absolute Gasteiger partial charge is 0.341 e. The molecule has 0 spiro atoms. The van der Waals surface area contributed by atoms with E-state index in [1.807, 2.05) is 0 Å². The van der Waals surface area contributed by atoms with Gasteiger partial charge in [0.15, 0.2) is 0 Å². The van der Waals surface area contributed by atoms with Gasteiger partial charge >= 0.3 is 0 Å². The third-order valence-corrected chi connectivity index (χ3v) is 4.58. The fourth-order valence-corrected chi connectivity index (χ4v) is 3.61. The first kappa shape index (κ1) is 14.6. The zero-order chi connectivity index (χ0) is 14.8. The smallest absolute Gasteiger partial charge is 0.0444 e. The number of hydrogen-bond acceptors (Lipinski definition) is 2. The molecule has 3 rings (SSSR count). The molecule has 1 atom stereocenters. The van der Waals surface area contributed by atoms with Gasteiger partial charge in [0.2, 0.25) is 0 Å². The van der Waals surface area contributed by atoms with Crippen molar-refractivity contribution in [3.63, 3.8) is 0 Å². The van der Waals surface area contributed by atoms with E-state index in [9.17, 15) is 0 Å². The second-order valence-electron chi connectivity index (χ2n) is 5.86. The number of hydrogen-bond donors (Lipinski definition) is 1. The van der Waals surface area contributed by atoms with E-state index >= 15 is 0 Å². The summed E-state index contributed by atoms with van der Waals surface area (Å²) in [6.07, 6.45) is 2.07. The monoisotopic (exact) mass is 344 g/mol. The van der Waals surface area contributed by atoms with Gasteiger partial charge in [-0.25, -0.2) is 0 Å². The van der Waals surface area contributed by atoms with Crippen molar-refractivity contribution in [2.75, 3.05) is 18.0 Å². The van der Waals surface area contributed by atoms with Crippen LogP contribution in [0.25, 0.3) is 0 Å². The van der Waals surface area contributed by atoms with Gasteiger partial charge in [0.1, 0.15) is 0 Å². The molecule has 1 aliphatic rings. The van der Waals surface area contributed by atoms with Crippen LogP contribution in [0.3, 0.4) is 0 Å². The molecule has 0 saturated carbocycles. The van der Waals surface area contributed by atoms with E-state index in [0.717, 1.165) is 23.9 Å². The predicted molar refractivity (Wildman–Crippen MR) is 93.2 cm³/mol. The number of anilines is 2. The number of rotatable bonds is 3. The summed E-state index contributed by atoms with van der Waals surface area (Å²) < 4.78 is 1.12. The van der Waals surface area contributed by atoms with Crippen LogP contribution < -0.4 is 10.6 Å². The number of halogens is 1. The molecule has 110 valence electrons. The molecule has 1 heterocycles. The summed E-state index contributed by atoms with van der Waals surface area (Å²) in [5.74, 6) is 0.661. The van der Waals surface area contributed by atoms with Gasteiger partial charge < -0.3 is 10.6 Å². The molecule has 2 N–H and O–H groups in total. The molecule has 3 heteroatoms. The lowest BCUT2D eigenvalue weighted by atomic mass is 9.92. The molecular weight excluding hydrogens is 324 g/mol. The van der Waals surface area contributed by atoms with Gasteiger partial charge in [-0.05, 0) is 60.7 Å². The average Bonchev–Trinajstić information content (AvgIpc) is 2.47. The Balaban J connectivity index is 2.08. The number of para-hydroxylation sites is 1. The Morgan fingerprint density at radius 2 is 2.00 bits per heavy atom. The first-order valence-electron chi connectivity index (χ1n) is 7.53. The third-order valence-electron chi connectivity index (χ3n) is 4.09. The summed E-state index contributed by atoms with van der Waals surface area (Å²) in [5, 5.41) is 0. The average molecular weight is 345 g/mol. The Bertz CT molecular complexity index is 639. The van der Waals surface area contributed by atoms with Crippen LogP contribution in [0.4, 0.5) is 11.4 Å². The summed E-state index contributed by atoms with van der Waals surface area (Å²) in [6, 6.07) is 15.3. The molecule has 0 bridgehead atoms. The summed E-state index contributed by atoms with van der Waals surface area (Å²) in [6.45, 7) is 4.06. The number of benzene rings is 2. The zero-order valence-electron chi connectivity index (χ0n) is 12.3. The molecule has 0 fully saturated rings. The lowest BCUT2D eigenvalue weighted by Crippen LogP contribution is -2.31. The normalized spacial score (nSPS) is 17.7. The lowest BCUT2D eigenvalue weighted by molar-refractivity contribution is 0.561. The molecule has 1 unspecified atom stereocenters.